The van der Waals surface area contributed by atoms with Gasteiger partial charge in [0.25, 0.3) is 0 Å². The molecule has 0 unspecified atom stereocenters. The molecule has 1 aromatic carbocycles. The van der Waals surface area contributed by atoms with Crippen LogP contribution in [-0.2, 0) is 6.54 Å². The molecule has 0 saturated carbocycles. The first kappa shape index (κ1) is 11.3. The molecule has 0 fully saturated rings. The minimum Gasteiger partial charge on any atom is -0.497 e. The smallest absolute Gasteiger partial charge is 0.225 e. The first-order chi connectivity index (χ1) is 8.22. The average Bonchev–Trinajstić information content (AvgIpc) is 2.70. The van der Waals surface area contributed by atoms with Crippen LogP contribution in [0.5, 0.6) is 5.75 Å². The third-order valence-corrected chi connectivity index (χ3v) is 2.58. The molecule has 2 rings (SSSR count). The number of aryl methyl sites for hydroxylation is 1. The van der Waals surface area contributed by atoms with Crippen LogP contribution in [-0.4, -0.2) is 12.2 Å². The van der Waals surface area contributed by atoms with Crippen molar-refractivity contribution in [1.82, 2.24) is 5.10 Å². The van der Waals surface area contributed by atoms with Crippen molar-refractivity contribution in [3.8, 4) is 5.75 Å². The topological polar surface area (TPSA) is 58.3 Å². The van der Waals surface area contributed by atoms with Gasteiger partial charge in [-0.2, -0.15) is 5.10 Å². The molecule has 0 radical (unpaired) electrons. The molecule has 5 heteroatoms. The van der Waals surface area contributed by atoms with Gasteiger partial charge in [0.05, 0.1) is 7.11 Å². The molecule has 5 nitrogen and oxygen atoms in total. The van der Waals surface area contributed by atoms with Gasteiger partial charge in [-0.1, -0.05) is 0 Å². The van der Waals surface area contributed by atoms with Crippen molar-refractivity contribution in [2.75, 3.05) is 7.11 Å². The molecule has 1 aromatic heterocycles. The number of aromatic amines is 1. The van der Waals surface area contributed by atoms with E-state index in [4.69, 9.17) is 4.74 Å². The van der Waals surface area contributed by atoms with E-state index in [1.807, 2.05) is 35.9 Å². The number of nitrogens with one attached hydrogen (secondary N) is 1. The van der Waals surface area contributed by atoms with E-state index in [0.29, 0.717) is 12.2 Å². The van der Waals surface area contributed by atoms with E-state index in [2.05, 4.69) is 10.3 Å². The van der Waals surface area contributed by atoms with Gasteiger partial charge in [-0.15, -0.1) is 9.59 Å². The lowest BCUT2D eigenvalue weighted by atomic mass is 10.2. The van der Waals surface area contributed by atoms with Gasteiger partial charge >= 0.3 is 0 Å². The molecule has 0 aliphatic carbocycles. The second-order valence-corrected chi connectivity index (χ2v) is 3.82. The summed E-state index contributed by atoms with van der Waals surface area (Å²) in [5.41, 5.74) is 2.33. The Kier molecular flexibility index (Phi) is 3.18. The van der Waals surface area contributed by atoms with Crippen LogP contribution < -0.4 is 9.42 Å². The van der Waals surface area contributed by atoms with E-state index < -0.39 is 0 Å². The summed E-state index contributed by atoms with van der Waals surface area (Å²) in [7, 11) is 1.64. The van der Waals surface area contributed by atoms with Gasteiger partial charge in [0.1, 0.15) is 11.4 Å². The second-order valence-electron chi connectivity index (χ2n) is 3.82. The van der Waals surface area contributed by atoms with Gasteiger partial charge in [0.2, 0.25) is 6.20 Å². The molecular formula is C12H14N3O2+. The third-order valence-electron chi connectivity index (χ3n) is 2.58. The molecule has 0 aliphatic heterocycles. The van der Waals surface area contributed by atoms with Gasteiger partial charge in [-0.05, 0) is 36.4 Å². The van der Waals surface area contributed by atoms with Gasteiger partial charge < -0.3 is 4.74 Å². The Balaban J connectivity index is 2.16. The van der Waals surface area contributed by atoms with E-state index in [-0.39, 0.29) is 0 Å². The van der Waals surface area contributed by atoms with Gasteiger partial charge in [0, 0.05) is 5.56 Å². The van der Waals surface area contributed by atoms with Crippen LogP contribution in [0.3, 0.4) is 0 Å². The summed E-state index contributed by atoms with van der Waals surface area (Å²) in [4.78, 5) is 10.5. The molecule has 0 aliphatic rings. The quantitative estimate of drug-likeness (QED) is 0.648. The molecule has 1 N–H and O–H groups in total. The fraction of sp³-hybridized carbons (Fsp3) is 0.250. The van der Waals surface area contributed by atoms with Crippen molar-refractivity contribution in [2.45, 2.75) is 13.5 Å². The van der Waals surface area contributed by atoms with E-state index >= 15 is 0 Å². The van der Waals surface area contributed by atoms with Crippen molar-refractivity contribution in [3.63, 3.8) is 0 Å². The summed E-state index contributed by atoms with van der Waals surface area (Å²) >= 11 is 0. The maximum atomic E-state index is 10.5. The summed E-state index contributed by atoms with van der Waals surface area (Å²) < 4.78 is 6.92. The summed E-state index contributed by atoms with van der Waals surface area (Å²) in [6.07, 6.45) is 1.70. The molecule has 2 aromatic rings. The molecule has 0 saturated heterocycles. The van der Waals surface area contributed by atoms with E-state index in [0.717, 1.165) is 17.0 Å². The molecule has 17 heavy (non-hydrogen) atoms. The fourth-order valence-electron chi connectivity index (χ4n) is 1.65. The Bertz CT molecular complexity index is 517. The van der Waals surface area contributed by atoms with E-state index in [9.17, 15) is 4.91 Å². The van der Waals surface area contributed by atoms with Crippen molar-refractivity contribution in [1.29, 1.82) is 0 Å². The van der Waals surface area contributed by atoms with Crippen molar-refractivity contribution < 1.29 is 9.42 Å². The summed E-state index contributed by atoms with van der Waals surface area (Å²) in [5, 5.41) is 6.00. The minimum absolute atomic E-state index is 0.443. The lowest BCUT2D eigenvalue weighted by molar-refractivity contribution is -0.742. The summed E-state index contributed by atoms with van der Waals surface area (Å²) in [6, 6.07) is 7.78. The minimum atomic E-state index is 0.443. The zero-order valence-electron chi connectivity index (χ0n) is 9.80. The number of hydrogen-bond acceptors (Lipinski definition) is 3. The zero-order valence-corrected chi connectivity index (χ0v) is 9.80. The molecular weight excluding hydrogens is 218 g/mol. The number of ether oxygens (including phenoxy) is 1. The summed E-state index contributed by atoms with van der Waals surface area (Å²) in [6.45, 7) is 2.49. The Labute approximate surface area is 99.0 Å². The number of aromatic nitrogens is 2. The van der Waals surface area contributed by atoms with Crippen LogP contribution in [0, 0.1) is 11.8 Å². The zero-order chi connectivity index (χ0) is 12.3. The van der Waals surface area contributed by atoms with Gasteiger partial charge in [0.15, 0.2) is 12.2 Å². The number of H-pyrrole nitrogens is 1. The van der Waals surface area contributed by atoms with Crippen molar-refractivity contribution >= 4 is 5.69 Å². The molecule has 0 spiro atoms. The maximum absolute atomic E-state index is 10.5. The normalized spacial score (nSPS) is 10.2. The highest BCUT2D eigenvalue weighted by Crippen LogP contribution is 2.14. The lowest BCUT2D eigenvalue weighted by Crippen LogP contribution is -2.35. The predicted octanol–water partition coefficient (Wildman–Crippen LogP) is 2.07. The third kappa shape index (κ3) is 2.50. The maximum Gasteiger partial charge on any atom is 0.225 e. The SMILES string of the molecule is COc1ccc(C[n+]2cc(N=O)c(C)[nH]2)cc1. The standard InChI is InChI=1S/C12H13N3O2/c1-9-12(14-16)8-15(13-9)7-10-3-5-11(17-2)6-4-10/h3-6,8H,7H2,1-2H3/p+1. The van der Waals surface area contributed by atoms with Crippen LogP contribution in [0.1, 0.15) is 11.3 Å². The van der Waals surface area contributed by atoms with Crippen LogP contribution in [0.2, 0.25) is 0 Å². The molecule has 88 valence electrons. The first-order valence-corrected chi connectivity index (χ1v) is 5.28. The fourth-order valence-corrected chi connectivity index (χ4v) is 1.65. The first-order valence-electron chi connectivity index (χ1n) is 5.28. The van der Waals surface area contributed by atoms with E-state index in [1.165, 1.54) is 0 Å². The highest BCUT2D eigenvalue weighted by Gasteiger charge is 2.12. The Morgan fingerprint density at radius 2 is 2.06 bits per heavy atom. The molecule has 0 amide bonds. The Morgan fingerprint density at radius 3 is 2.59 bits per heavy atom. The van der Waals surface area contributed by atoms with Crippen LogP contribution >= 0.6 is 0 Å². The highest BCUT2D eigenvalue weighted by molar-refractivity contribution is 5.35. The van der Waals surface area contributed by atoms with Crippen molar-refractivity contribution in [2.24, 2.45) is 5.18 Å². The van der Waals surface area contributed by atoms with E-state index in [1.54, 1.807) is 13.3 Å². The van der Waals surface area contributed by atoms with Gasteiger partial charge in [-0.25, -0.2) is 0 Å². The average molecular weight is 232 g/mol. The molecule has 0 bridgehead atoms. The van der Waals surface area contributed by atoms with Crippen LogP contribution in [0.4, 0.5) is 5.69 Å². The second kappa shape index (κ2) is 4.78. The highest BCUT2D eigenvalue weighted by atomic mass is 16.5. The number of rotatable bonds is 4. The number of methoxy groups -OCH3 is 1. The molecule has 0 atom stereocenters. The summed E-state index contributed by atoms with van der Waals surface area (Å²) in [5.74, 6) is 0.830. The van der Waals surface area contributed by atoms with Gasteiger partial charge in [-0.3, -0.25) is 0 Å². The number of benzene rings is 1. The monoisotopic (exact) mass is 232 g/mol. The van der Waals surface area contributed by atoms with Crippen molar-refractivity contribution in [3.05, 3.63) is 46.6 Å². The number of hydrogen-bond donors (Lipinski definition) is 1. The number of nitrogens with zero attached hydrogens (tertiary/aromatic N) is 2. The Hall–Kier alpha value is -2.17. The predicted molar refractivity (Wildman–Crippen MR) is 63.3 cm³/mol. The largest absolute Gasteiger partial charge is 0.497 e. The van der Waals surface area contributed by atoms with Crippen LogP contribution in [0.15, 0.2) is 35.6 Å². The number of nitroso groups, excluding NO2 is 1. The Morgan fingerprint density at radius 1 is 1.35 bits per heavy atom. The molecule has 1 heterocycles. The lowest BCUT2D eigenvalue weighted by Gasteiger charge is -1.99. The van der Waals surface area contributed by atoms with Crippen LogP contribution in [0.25, 0.3) is 0 Å².